The van der Waals surface area contributed by atoms with Gasteiger partial charge in [-0.15, -0.1) is 0 Å². The lowest BCUT2D eigenvalue weighted by molar-refractivity contribution is 0.889. The highest BCUT2D eigenvalue weighted by Gasteiger charge is 2.08. The van der Waals surface area contributed by atoms with Crippen molar-refractivity contribution in [1.82, 2.24) is 19.6 Å². The fourth-order valence-electron chi connectivity index (χ4n) is 1.79. The summed E-state index contributed by atoms with van der Waals surface area (Å²) in [4.78, 5) is 8.35. The molecule has 18 heavy (non-hydrogen) atoms. The predicted molar refractivity (Wildman–Crippen MR) is 70.4 cm³/mol. The lowest BCUT2D eigenvalue weighted by Gasteiger charge is -1.98. The van der Waals surface area contributed by atoms with Crippen LogP contribution in [-0.4, -0.2) is 19.6 Å². The molecule has 3 aromatic rings. The monoisotopic (exact) mass is 259 g/mol. The first-order valence-electron chi connectivity index (χ1n) is 5.39. The molecule has 0 saturated heterocycles. The highest BCUT2D eigenvalue weighted by atomic mass is 35.5. The molecular weight excluding hydrogens is 250 g/mol. The first kappa shape index (κ1) is 11.0. The predicted octanol–water partition coefficient (Wildman–Crippen LogP) is 2.34. The Kier molecular flexibility index (Phi) is 2.41. The molecule has 2 aromatic heterocycles. The number of nitrogens with zero attached hydrogens (tertiary/aromatic N) is 4. The normalized spacial score (nSPS) is 11.0. The molecule has 0 fully saturated rings. The number of halogens is 1. The van der Waals surface area contributed by atoms with Crippen molar-refractivity contribution in [1.29, 1.82) is 0 Å². The van der Waals surface area contributed by atoms with Crippen LogP contribution in [0.4, 0.5) is 5.95 Å². The summed E-state index contributed by atoms with van der Waals surface area (Å²) in [5.41, 5.74) is 8.24. The lowest BCUT2D eigenvalue weighted by atomic mass is 10.2. The zero-order chi connectivity index (χ0) is 12.7. The molecule has 0 aliphatic carbocycles. The maximum Gasteiger partial charge on any atom is 0.224 e. The quantitative estimate of drug-likeness (QED) is 0.728. The van der Waals surface area contributed by atoms with E-state index >= 15 is 0 Å². The molecule has 5 nitrogen and oxygen atoms in total. The van der Waals surface area contributed by atoms with Crippen molar-refractivity contribution in [3.05, 3.63) is 41.2 Å². The van der Waals surface area contributed by atoms with Gasteiger partial charge in [0.1, 0.15) is 5.82 Å². The van der Waals surface area contributed by atoms with Crippen LogP contribution in [0.5, 0.6) is 0 Å². The van der Waals surface area contributed by atoms with Gasteiger partial charge in [-0.3, -0.25) is 0 Å². The summed E-state index contributed by atoms with van der Waals surface area (Å²) in [6.07, 6.45) is 0. The molecule has 0 radical (unpaired) electrons. The van der Waals surface area contributed by atoms with Crippen molar-refractivity contribution in [2.75, 3.05) is 5.73 Å². The zero-order valence-electron chi connectivity index (χ0n) is 9.63. The standard InChI is InChI=1S/C12H10ClN5/c1-7-15-11-6-10(17-18(11)12(14)16-7)8-2-4-9(13)5-3-8/h2-6H,1H3,(H2,14,15,16). The van der Waals surface area contributed by atoms with Crippen molar-refractivity contribution in [2.24, 2.45) is 0 Å². The Bertz CT molecular complexity index is 717. The van der Waals surface area contributed by atoms with Gasteiger partial charge in [0, 0.05) is 16.7 Å². The Hall–Kier alpha value is -2.14. The third-order valence-corrected chi connectivity index (χ3v) is 2.85. The van der Waals surface area contributed by atoms with Crippen LogP contribution in [0.3, 0.4) is 0 Å². The Labute approximate surface area is 108 Å². The van der Waals surface area contributed by atoms with Crippen LogP contribution in [-0.2, 0) is 0 Å². The van der Waals surface area contributed by atoms with Crippen LogP contribution in [0.2, 0.25) is 5.02 Å². The minimum atomic E-state index is 0.331. The van der Waals surface area contributed by atoms with Crippen LogP contribution in [0, 0.1) is 6.92 Å². The number of hydrogen-bond donors (Lipinski definition) is 1. The van der Waals surface area contributed by atoms with Crippen molar-refractivity contribution in [2.45, 2.75) is 6.92 Å². The van der Waals surface area contributed by atoms with Gasteiger partial charge in [-0.1, -0.05) is 23.7 Å². The molecule has 0 bridgehead atoms. The molecule has 0 amide bonds. The summed E-state index contributed by atoms with van der Waals surface area (Å²) < 4.78 is 1.52. The fraction of sp³-hybridized carbons (Fsp3) is 0.0833. The van der Waals surface area contributed by atoms with E-state index < -0.39 is 0 Å². The van der Waals surface area contributed by atoms with E-state index in [1.54, 1.807) is 6.92 Å². The minimum Gasteiger partial charge on any atom is -0.368 e. The number of aromatic nitrogens is 4. The maximum absolute atomic E-state index is 5.86. The molecule has 0 aliphatic rings. The molecule has 3 rings (SSSR count). The Balaban J connectivity index is 2.19. The van der Waals surface area contributed by atoms with E-state index in [9.17, 15) is 0 Å². The number of nitrogen functional groups attached to an aromatic ring is 1. The molecule has 90 valence electrons. The van der Waals surface area contributed by atoms with Crippen molar-refractivity contribution >= 4 is 23.2 Å². The molecule has 0 aliphatic heterocycles. The smallest absolute Gasteiger partial charge is 0.224 e. The topological polar surface area (TPSA) is 69.1 Å². The van der Waals surface area contributed by atoms with Crippen molar-refractivity contribution in [3.8, 4) is 11.3 Å². The number of benzene rings is 1. The SMILES string of the molecule is Cc1nc(N)n2nc(-c3ccc(Cl)cc3)cc2n1. The average molecular weight is 260 g/mol. The molecule has 1 aromatic carbocycles. The summed E-state index contributed by atoms with van der Waals surface area (Å²) in [6, 6.07) is 9.32. The fourth-order valence-corrected chi connectivity index (χ4v) is 1.91. The molecule has 0 atom stereocenters. The van der Waals surface area contributed by atoms with Crippen LogP contribution in [0.15, 0.2) is 30.3 Å². The first-order valence-corrected chi connectivity index (χ1v) is 5.77. The van der Waals surface area contributed by atoms with E-state index in [4.69, 9.17) is 17.3 Å². The average Bonchev–Trinajstić information content (AvgIpc) is 2.74. The van der Waals surface area contributed by atoms with E-state index in [0.29, 0.717) is 22.4 Å². The second-order valence-electron chi connectivity index (χ2n) is 3.94. The number of rotatable bonds is 1. The van der Waals surface area contributed by atoms with Crippen LogP contribution in [0.1, 0.15) is 5.82 Å². The Morgan fingerprint density at radius 1 is 1.17 bits per heavy atom. The highest BCUT2D eigenvalue weighted by molar-refractivity contribution is 6.30. The molecule has 2 heterocycles. The van der Waals surface area contributed by atoms with E-state index in [0.717, 1.165) is 11.3 Å². The number of anilines is 1. The summed E-state index contributed by atoms with van der Waals surface area (Å²) in [7, 11) is 0. The van der Waals surface area contributed by atoms with E-state index in [-0.39, 0.29) is 0 Å². The van der Waals surface area contributed by atoms with Gasteiger partial charge in [-0.25, -0.2) is 4.98 Å². The summed E-state index contributed by atoms with van der Waals surface area (Å²) in [5.74, 6) is 0.959. The van der Waals surface area contributed by atoms with Gasteiger partial charge in [0.25, 0.3) is 0 Å². The van der Waals surface area contributed by atoms with Gasteiger partial charge in [-0.2, -0.15) is 14.6 Å². The molecule has 6 heteroatoms. The molecule has 2 N–H and O–H groups in total. The second kappa shape index (κ2) is 3.96. The molecule has 0 spiro atoms. The van der Waals surface area contributed by atoms with E-state index in [1.165, 1.54) is 4.52 Å². The van der Waals surface area contributed by atoms with E-state index in [2.05, 4.69) is 15.1 Å². The first-order chi connectivity index (χ1) is 8.63. The molecule has 0 unspecified atom stereocenters. The summed E-state index contributed by atoms with van der Waals surface area (Å²) >= 11 is 5.86. The Morgan fingerprint density at radius 3 is 2.61 bits per heavy atom. The summed E-state index contributed by atoms with van der Waals surface area (Å²) in [5, 5.41) is 5.07. The van der Waals surface area contributed by atoms with Gasteiger partial charge in [0.05, 0.1) is 5.69 Å². The number of aryl methyl sites for hydroxylation is 1. The second-order valence-corrected chi connectivity index (χ2v) is 4.37. The van der Waals surface area contributed by atoms with Gasteiger partial charge in [-0.05, 0) is 19.1 Å². The van der Waals surface area contributed by atoms with E-state index in [1.807, 2.05) is 30.3 Å². The Morgan fingerprint density at radius 2 is 1.89 bits per heavy atom. The third kappa shape index (κ3) is 1.78. The number of nitrogens with two attached hydrogens (primary N) is 1. The zero-order valence-corrected chi connectivity index (χ0v) is 10.4. The van der Waals surface area contributed by atoms with Crippen LogP contribution >= 0.6 is 11.6 Å². The highest BCUT2D eigenvalue weighted by Crippen LogP contribution is 2.21. The lowest BCUT2D eigenvalue weighted by Crippen LogP contribution is -2.04. The number of hydrogen-bond acceptors (Lipinski definition) is 4. The van der Waals surface area contributed by atoms with Gasteiger partial charge in [0.2, 0.25) is 5.95 Å². The van der Waals surface area contributed by atoms with Crippen molar-refractivity contribution < 1.29 is 0 Å². The van der Waals surface area contributed by atoms with Gasteiger partial charge < -0.3 is 5.73 Å². The number of fused-ring (bicyclic) bond motifs is 1. The maximum atomic E-state index is 5.86. The van der Waals surface area contributed by atoms with Crippen LogP contribution < -0.4 is 5.73 Å². The largest absolute Gasteiger partial charge is 0.368 e. The molecule has 0 saturated carbocycles. The molecular formula is C12H10ClN5. The van der Waals surface area contributed by atoms with Gasteiger partial charge in [0.15, 0.2) is 5.65 Å². The van der Waals surface area contributed by atoms with Gasteiger partial charge >= 0.3 is 0 Å². The minimum absolute atomic E-state index is 0.331. The van der Waals surface area contributed by atoms with Crippen molar-refractivity contribution in [3.63, 3.8) is 0 Å². The summed E-state index contributed by atoms with van der Waals surface area (Å²) in [6.45, 7) is 1.80. The third-order valence-electron chi connectivity index (χ3n) is 2.60. The van der Waals surface area contributed by atoms with Crippen LogP contribution in [0.25, 0.3) is 16.9 Å².